The molecule has 39 heavy (non-hydrogen) atoms. The van der Waals surface area contributed by atoms with Crippen LogP contribution < -0.4 is 5.32 Å². The number of nitrogens with one attached hydrogen (secondary N) is 1. The van der Waals surface area contributed by atoms with Crippen LogP contribution in [0.15, 0.2) is 90.4 Å². The molecule has 1 saturated heterocycles. The average molecular weight is 571 g/mol. The van der Waals surface area contributed by atoms with Gasteiger partial charge in [-0.15, -0.1) is 11.3 Å². The van der Waals surface area contributed by atoms with E-state index in [0.29, 0.717) is 21.2 Å². The van der Waals surface area contributed by atoms with Gasteiger partial charge in [0.15, 0.2) is 11.6 Å². The highest BCUT2D eigenvalue weighted by molar-refractivity contribution is 7.12. The van der Waals surface area contributed by atoms with Crippen LogP contribution in [0.4, 0.5) is 5.69 Å². The van der Waals surface area contributed by atoms with E-state index in [4.69, 9.17) is 23.2 Å². The molecule has 4 aromatic rings. The maximum atomic E-state index is 14.7. The summed E-state index contributed by atoms with van der Waals surface area (Å²) >= 11 is 14.1. The molecule has 1 fully saturated rings. The maximum absolute atomic E-state index is 14.7. The van der Waals surface area contributed by atoms with Crippen LogP contribution in [-0.4, -0.2) is 28.4 Å². The molecular formula is C31H20Cl2N2O3S. The van der Waals surface area contributed by atoms with Gasteiger partial charge in [0, 0.05) is 22.5 Å². The Bertz CT molecular complexity index is 1720. The van der Waals surface area contributed by atoms with Crippen LogP contribution in [0.1, 0.15) is 42.8 Å². The fourth-order valence-electron chi connectivity index (χ4n) is 6.59. The number of anilines is 1. The van der Waals surface area contributed by atoms with E-state index in [9.17, 15) is 14.4 Å². The largest absolute Gasteiger partial charge is 0.358 e. The number of fused-ring (bicyclic) bond motifs is 6. The summed E-state index contributed by atoms with van der Waals surface area (Å²) in [5.74, 6) is -1.97. The van der Waals surface area contributed by atoms with Crippen molar-refractivity contribution >= 4 is 63.8 Å². The van der Waals surface area contributed by atoms with E-state index in [2.05, 4.69) is 5.32 Å². The zero-order valence-corrected chi connectivity index (χ0v) is 22.6. The second kappa shape index (κ2) is 8.91. The van der Waals surface area contributed by atoms with Crippen LogP contribution >= 0.6 is 34.5 Å². The molecule has 0 saturated carbocycles. The summed E-state index contributed by atoms with van der Waals surface area (Å²) in [5.41, 5.74) is 1.99. The zero-order valence-electron chi connectivity index (χ0n) is 20.3. The minimum atomic E-state index is -1.39. The molecule has 5 nitrogen and oxygen atoms in total. The van der Waals surface area contributed by atoms with Crippen molar-refractivity contribution in [3.8, 4) is 0 Å². The molecular weight excluding hydrogens is 551 g/mol. The lowest BCUT2D eigenvalue weighted by Crippen LogP contribution is -2.49. The molecule has 1 aromatic heterocycles. The summed E-state index contributed by atoms with van der Waals surface area (Å²) in [5, 5.41) is 5.45. The van der Waals surface area contributed by atoms with Gasteiger partial charge in [-0.3, -0.25) is 14.4 Å². The van der Waals surface area contributed by atoms with Crippen molar-refractivity contribution in [3.05, 3.63) is 128 Å². The second-order valence-electron chi connectivity index (χ2n) is 9.92. The summed E-state index contributed by atoms with van der Waals surface area (Å²) in [6, 6.07) is 22.0. The molecule has 0 bridgehead atoms. The number of rotatable bonds is 4. The van der Waals surface area contributed by atoms with E-state index in [1.165, 1.54) is 17.4 Å². The van der Waals surface area contributed by atoms with Gasteiger partial charge in [0.2, 0.25) is 5.91 Å². The van der Waals surface area contributed by atoms with Crippen molar-refractivity contribution in [1.82, 2.24) is 4.90 Å². The predicted molar refractivity (Wildman–Crippen MR) is 154 cm³/mol. The van der Waals surface area contributed by atoms with Gasteiger partial charge in [0.05, 0.1) is 21.9 Å². The molecule has 0 unspecified atom stereocenters. The Kier molecular flexibility index (Phi) is 5.56. The van der Waals surface area contributed by atoms with E-state index >= 15 is 0 Å². The summed E-state index contributed by atoms with van der Waals surface area (Å²) in [4.78, 5) is 45.9. The zero-order chi connectivity index (χ0) is 26.9. The number of thiophene rings is 1. The molecule has 1 spiro atoms. The first-order chi connectivity index (χ1) is 18.9. The lowest BCUT2D eigenvalue weighted by molar-refractivity contribution is -0.122. The van der Waals surface area contributed by atoms with Crippen LogP contribution in [0.25, 0.3) is 6.08 Å². The number of carbonyl (C=O) groups excluding carboxylic acids is 3. The second-order valence-corrected chi connectivity index (χ2v) is 11.7. The number of benzene rings is 3. The van der Waals surface area contributed by atoms with Gasteiger partial charge in [0.1, 0.15) is 11.5 Å². The maximum Gasteiger partial charge on any atom is 0.238 e. The lowest BCUT2D eigenvalue weighted by Gasteiger charge is -2.38. The van der Waals surface area contributed by atoms with Gasteiger partial charge in [-0.1, -0.05) is 71.7 Å². The van der Waals surface area contributed by atoms with Gasteiger partial charge in [-0.2, -0.15) is 0 Å². The summed E-state index contributed by atoms with van der Waals surface area (Å²) in [7, 11) is 0. The lowest BCUT2D eigenvalue weighted by atomic mass is 9.62. The third-order valence-corrected chi connectivity index (χ3v) is 9.51. The number of ketones is 2. The van der Waals surface area contributed by atoms with Crippen LogP contribution in [0.2, 0.25) is 10.0 Å². The molecule has 1 N–H and O–H groups in total. The van der Waals surface area contributed by atoms with Gasteiger partial charge in [-0.05, 0) is 58.5 Å². The van der Waals surface area contributed by atoms with Crippen LogP contribution in [0, 0.1) is 5.92 Å². The van der Waals surface area contributed by atoms with Crippen molar-refractivity contribution in [3.63, 3.8) is 0 Å². The molecule has 0 aliphatic carbocycles. The van der Waals surface area contributed by atoms with Crippen LogP contribution in [-0.2, 0) is 10.2 Å². The Morgan fingerprint density at radius 2 is 1.72 bits per heavy atom. The van der Waals surface area contributed by atoms with E-state index in [-0.39, 0.29) is 28.1 Å². The van der Waals surface area contributed by atoms with Gasteiger partial charge in [0.25, 0.3) is 0 Å². The molecule has 0 radical (unpaired) electrons. The summed E-state index contributed by atoms with van der Waals surface area (Å²) in [6.07, 6.45) is 3.80. The first-order valence-corrected chi connectivity index (χ1v) is 14.1. The molecule has 4 heterocycles. The third kappa shape index (κ3) is 3.35. The first-order valence-electron chi connectivity index (χ1n) is 12.5. The topological polar surface area (TPSA) is 66.5 Å². The highest BCUT2D eigenvalue weighted by Gasteiger charge is 2.70. The van der Waals surface area contributed by atoms with Crippen molar-refractivity contribution in [2.24, 2.45) is 5.92 Å². The highest BCUT2D eigenvalue weighted by Crippen LogP contribution is 2.62. The van der Waals surface area contributed by atoms with Gasteiger partial charge in [-0.25, -0.2) is 0 Å². The number of para-hydroxylation sites is 1. The van der Waals surface area contributed by atoms with Crippen molar-refractivity contribution in [1.29, 1.82) is 0 Å². The number of halogens is 2. The predicted octanol–water partition coefficient (Wildman–Crippen LogP) is 7.04. The number of hydrogen-bond donors (Lipinski definition) is 1. The van der Waals surface area contributed by atoms with E-state index in [1.807, 2.05) is 77.2 Å². The number of carbonyl (C=O) groups is 3. The molecule has 8 heteroatoms. The fraction of sp³-hybridized carbons (Fsp3) is 0.129. The monoisotopic (exact) mass is 570 g/mol. The molecule has 192 valence electrons. The van der Waals surface area contributed by atoms with Crippen molar-refractivity contribution < 1.29 is 14.4 Å². The number of nitrogens with zero attached hydrogens (tertiary/aromatic N) is 1. The minimum Gasteiger partial charge on any atom is -0.358 e. The van der Waals surface area contributed by atoms with E-state index in [1.54, 1.807) is 18.2 Å². The standard InChI is InChI=1S/C31H20Cl2N2O3S/c32-18-11-12-20(22(33)16-18)27(36)25-26(28(37)24-10-5-15-39-24)35-14-13-17-6-1-2-7-19(17)29(35)31(25)21-8-3-4-9-23(21)34-30(31)38/h1-16,25-26,29H,(H,34,38)/t25-,26+,29+,31+/m0/s1. The first kappa shape index (κ1) is 24.3. The molecule has 4 atom stereocenters. The minimum absolute atomic E-state index is 0.178. The SMILES string of the molecule is O=C(c1ccc(Cl)cc1Cl)[C@@H]1[C@H](C(=O)c2cccs2)N2C=Cc3ccccc3[C@@H]2[C@]12C(=O)Nc1ccccc12. The number of hydrogen-bond acceptors (Lipinski definition) is 5. The van der Waals surface area contributed by atoms with E-state index < -0.39 is 23.4 Å². The Hall–Kier alpha value is -3.71. The van der Waals surface area contributed by atoms with Gasteiger partial charge < -0.3 is 10.2 Å². The van der Waals surface area contributed by atoms with Crippen LogP contribution in [0.3, 0.4) is 0 Å². The highest BCUT2D eigenvalue weighted by atomic mass is 35.5. The number of amides is 1. The normalized spacial score (nSPS) is 24.3. The van der Waals surface area contributed by atoms with E-state index in [0.717, 1.165) is 11.1 Å². The van der Waals surface area contributed by atoms with Gasteiger partial charge >= 0.3 is 0 Å². The third-order valence-electron chi connectivity index (χ3n) is 8.08. The molecule has 7 rings (SSSR count). The average Bonchev–Trinajstić information content (AvgIpc) is 3.65. The fourth-order valence-corrected chi connectivity index (χ4v) is 7.79. The van der Waals surface area contributed by atoms with Crippen molar-refractivity contribution in [2.45, 2.75) is 17.5 Å². The number of Topliss-reactive ketones (excluding diaryl/α,β-unsaturated/α-hetero) is 2. The Labute approximate surface area is 238 Å². The van der Waals surface area contributed by atoms with Crippen LogP contribution in [0.5, 0.6) is 0 Å². The molecule has 3 aliphatic rings. The molecule has 3 aromatic carbocycles. The Morgan fingerprint density at radius 1 is 0.923 bits per heavy atom. The molecule has 3 aliphatic heterocycles. The Morgan fingerprint density at radius 3 is 2.51 bits per heavy atom. The van der Waals surface area contributed by atoms with Crippen molar-refractivity contribution in [2.75, 3.05) is 5.32 Å². The quantitative estimate of drug-likeness (QED) is 0.267. The summed E-state index contributed by atoms with van der Waals surface area (Å²) < 4.78 is 0. The molecule has 1 amide bonds. The smallest absolute Gasteiger partial charge is 0.238 e. The summed E-state index contributed by atoms with van der Waals surface area (Å²) in [6.45, 7) is 0. The Balaban J connectivity index is 1.56.